The lowest BCUT2D eigenvalue weighted by atomic mass is 9.97. The quantitative estimate of drug-likeness (QED) is 0.361. The number of urea groups is 1. The zero-order chi connectivity index (χ0) is 26.1. The molecule has 9 heteroatoms. The van der Waals surface area contributed by atoms with Crippen molar-refractivity contribution in [2.24, 2.45) is 0 Å². The van der Waals surface area contributed by atoms with Crippen LogP contribution in [-0.2, 0) is 9.22 Å². The molecule has 1 aliphatic heterocycles. The predicted molar refractivity (Wildman–Crippen MR) is 145 cm³/mol. The first-order valence-corrected chi connectivity index (χ1v) is 15.5. The third kappa shape index (κ3) is 6.41. The lowest BCUT2D eigenvalue weighted by Crippen LogP contribution is -2.41. The van der Waals surface area contributed by atoms with Gasteiger partial charge in [0, 0.05) is 27.7 Å². The maximum absolute atomic E-state index is 13.4. The molecular weight excluding hydrogens is 551 g/mol. The summed E-state index contributed by atoms with van der Waals surface area (Å²) in [5.74, 6) is -0.482. The van der Waals surface area contributed by atoms with Crippen molar-refractivity contribution in [2.45, 2.75) is 64.4 Å². The summed E-state index contributed by atoms with van der Waals surface area (Å²) in [6.45, 7) is 12.8. The molecule has 0 saturated heterocycles. The van der Waals surface area contributed by atoms with Crippen LogP contribution in [-0.4, -0.2) is 25.0 Å². The van der Waals surface area contributed by atoms with E-state index in [0.717, 1.165) is 5.56 Å². The van der Waals surface area contributed by atoms with Crippen molar-refractivity contribution in [3.8, 4) is 0 Å². The van der Waals surface area contributed by atoms with Gasteiger partial charge in [0.2, 0.25) is 0 Å². The van der Waals surface area contributed by atoms with Gasteiger partial charge in [0.05, 0.1) is 17.8 Å². The van der Waals surface area contributed by atoms with Crippen LogP contribution in [0.25, 0.3) is 0 Å². The van der Waals surface area contributed by atoms with Crippen LogP contribution in [0.3, 0.4) is 0 Å². The average Bonchev–Trinajstić information content (AvgIpc) is 2.74. The zero-order valence-corrected chi connectivity index (χ0v) is 24.1. The van der Waals surface area contributed by atoms with Gasteiger partial charge in [-0.1, -0.05) is 44.5 Å². The second kappa shape index (κ2) is 10.5. The molecule has 2 aromatic rings. The standard InChI is InChI=1S/C26H31BrClFN2O3Si/c1-16(34-35(5,6)26(2,3)4)20-14-23(21(27)15-22(20)28)30-25(33)31-12-11-19(32)13-24(31)17-7-9-18(29)10-8-17/h7-12,14-16,24H,13H2,1-6H3,(H,30,33). The van der Waals surface area contributed by atoms with Gasteiger partial charge in [-0.25, -0.2) is 9.18 Å². The summed E-state index contributed by atoms with van der Waals surface area (Å²) in [6.07, 6.45) is 2.67. The Balaban J connectivity index is 1.87. The highest BCUT2D eigenvalue weighted by atomic mass is 79.9. The maximum atomic E-state index is 13.4. The molecule has 0 fully saturated rings. The Kier molecular flexibility index (Phi) is 8.31. The summed E-state index contributed by atoms with van der Waals surface area (Å²) < 4.78 is 20.6. The number of rotatable bonds is 5. The fourth-order valence-electron chi connectivity index (χ4n) is 3.63. The summed E-state index contributed by atoms with van der Waals surface area (Å²) in [5.41, 5.74) is 1.98. The Bertz CT molecular complexity index is 1150. The zero-order valence-electron chi connectivity index (χ0n) is 20.8. The van der Waals surface area contributed by atoms with Crippen LogP contribution in [0.5, 0.6) is 0 Å². The molecule has 0 spiro atoms. The van der Waals surface area contributed by atoms with Crippen LogP contribution in [0.1, 0.15) is 57.4 Å². The number of ketones is 1. The number of anilines is 1. The molecule has 1 aliphatic rings. The maximum Gasteiger partial charge on any atom is 0.326 e. The van der Waals surface area contributed by atoms with E-state index in [-0.39, 0.29) is 29.2 Å². The number of halogens is 3. The molecule has 0 aliphatic carbocycles. The molecule has 1 heterocycles. The van der Waals surface area contributed by atoms with Crippen LogP contribution < -0.4 is 5.32 Å². The van der Waals surface area contributed by atoms with E-state index in [1.807, 2.05) is 13.0 Å². The highest BCUT2D eigenvalue weighted by molar-refractivity contribution is 9.10. The molecule has 0 saturated carbocycles. The molecule has 1 N–H and O–H groups in total. The molecule has 2 atom stereocenters. The Morgan fingerprint density at radius 1 is 1.26 bits per heavy atom. The second-order valence-corrected chi connectivity index (χ2v) is 16.3. The summed E-state index contributed by atoms with van der Waals surface area (Å²) in [7, 11) is -2.05. The highest BCUT2D eigenvalue weighted by Crippen LogP contribution is 2.42. The lowest BCUT2D eigenvalue weighted by Gasteiger charge is -2.38. The second-order valence-electron chi connectivity index (χ2n) is 10.3. The minimum Gasteiger partial charge on any atom is -0.410 e. The van der Waals surface area contributed by atoms with Crippen molar-refractivity contribution >= 4 is 53.4 Å². The fourth-order valence-corrected chi connectivity index (χ4v) is 5.89. The largest absolute Gasteiger partial charge is 0.410 e. The number of hydrogen-bond donors (Lipinski definition) is 1. The van der Waals surface area contributed by atoms with Gasteiger partial charge in [-0.3, -0.25) is 9.69 Å². The third-order valence-electron chi connectivity index (χ3n) is 6.68. The van der Waals surface area contributed by atoms with Gasteiger partial charge in [-0.15, -0.1) is 0 Å². The first-order chi connectivity index (χ1) is 16.2. The van der Waals surface area contributed by atoms with Crippen molar-refractivity contribution in [3.63, 3.8) is 0 Å². The number of hydrogen-bond acceptors (Lipinski definition) is 3. The summed E-state index contributed by atoms with van der Waals surface area (Å²) in [4.78, 5) is 26.8. The molecule has 2 aromatic carbocycles. The van der Waals surface area contributed by atoms with Crippen molar-refractivity contribution in [1.29, 1.82) is 0 Å². The van der Waals surface area contributed by atoms with Crippen molar-refractivity contribution in [3.05, 3.63) is 75.1 Å². The molecule has 0 bridgehead atoms. The monoisotopic (exact) mass is 580 g/mol. The molecule has 3 rings (SSSR count). The molecular formula is C26H31BrClFN2O3Si. The van der Waals surface area contributed by atoms with Crippen molar-refractivity contribution < 1.29 is 18.4 Å². The summed E-state index contributed by atoms with van der Waals surface area (Å²) >= 11 is 10.0. The Labute approximate surface area is 220 Å². The van der Waals surface area contributed by atoms with Crippen LogP contribution in [0.4, 0.5) is 14.9 Å². The Morgan fingerprint density at radius 3 is 2.49 bits per heavy atom. The van der Waals surface area contributed by atoms with E-state index in [1.54, 1.807) is 18.2 Å². The van der Waals surface area contributed by atoms with E-state index >= 15 is 0 Å². The van der Waals surface area contributed by atoms with Gasteiger partial charge in [0.15, 0.2) is 14.1 Å². The van der Waals surface area contributed by atoms with E-state index in [1.165, 1.54) is 29.3 Å². The molecule has 5 nitrogen and oxygen atoms in total. The molecule has 0 aromatic heterocycles. The third-order valence-corrected chi connectivity index (χ3v) is 12.2. The lowest BCUT2D eigenvalue weighted by molar-refractivity contribution is -0.116. The predicted octanol–water partition coefficient (Wildman–Crippen LogP) is 8.39. The van der Waals surface area contributed by atoms with E-state index in [0.29, 0.717) is 20.7 Å². The van der Waals surface area contributed by atoms with Gasteiger partial charge in [-0.2, -0.15) is 0 Å². The minimum absolute atomic E-state index is 0.0353. The van der Waals surface area contributed by atoms with Crippen LogP contribution in [0, 0.1) is 5.82 Å². The summed E-state index contributed by atoms with van der Waals surface area (Å²) in [5, 5.41) is 3.49. The van der Waals surface area contributed by atoms with Crippen molar-refractivity contribution in [2.75, 3.05) is 5.32 Å². The number of allylic oxidation sites excluding steroid dienone is 1. The van der Waals surface area contributed by atoms with Crippen LogP contribution >= 0.6 is 27.5 Å². The van der Waals surface area contributed by atoms with Gasteiger partial charge >= 0.3 is 6.03 Å². The van der Waals surface area contributed by atoms with Gasteiger partial charge in [0.1, 0.15) is 5.82 Å². The van der Waals surface area contributed by atoms with Gasteiger partial charge in [-0.05, 0) is 76.9 Å². The van der Waals surface area contributed by atoms with Crippen molar-refractivity contribution in [1.82, 2.24) is 4.90 Å². The Hall–Kier alpha value is -2.00. The molecule has 35 heavy (non-hydrogen) atoms. The summed E-state index contributed by atoms with van der Waals surface area (Å²) in [6, 6.07) is 8.40. The normalized spacial score (nSPS) is 17.5. The van der Waals surface area contributed by atoms with E-state index in [9.17, 15) is 14.0 Å². The molecule has 2 amide bonds. The van der Waals surface area contributed by atoms with Gasteiger partial charge < -0.3 is 9.74 Å². The average molecular weight is 582 g/mol. The SMILES string of the molecule is CC(O[Si](C)(C)C(C)(C)C)c1cc(NC(=O)N2C=CC(=O)CC2c2ccc(F)cc2)c(Br)cc1Cl. The Morgan fingerprint density at radius 2 is 1.89 bits per heavy atom. The number of nitrogens with one attached hydrogen (secondary N) is 1. The number of benzene rings is 2. The number of carbonyl (C=O) groups is 2. The van der Waals surface area contributed by atoms with E-state index in [2.05, 4.69) is 55.1 Å². The first-order valence-electron chi connectivity index (χ1n) is 11.4. The topological polar surface area (TPSA) is 58.6 Å². The van der Waals surface area contributed by atoms with Gasteiger partial charge in [0.25, 0.3) is 0 Å². The smallest absolute Gasteiger partial charge is 0.326 e. The van der Waals surface area contributed by atoms with E-state index < -0.39 is 20.4 Å². The first kappa shape index (κ1) is 27.6. The number of amides is 2. The molecule has 0 radical (unpaired) electrons. The minimum atomic E-state index is -2.05. The number of nitrogens with zero attached hydrogens (tertiary/aromatic N) is 1. The van der Waals surface area contributed by atoms with Crippen LogP contribution in [0.2, 0.25) is 23.2 Å². The number of carbonyl (C=O) groups excluding carboxylic acids is 2. The highest BCUT2D eigenvalue weighted by Gasteiger charge is 2.39. The van der Waals surface area contributed by atoms with Crippen LogP contribution in [0.15, 0.2) is 53.1 Å². The molecule has 2 unspecified atom stereocenters. The molecule has 188 valence electrons. The fraction of sp³-hybridized carbons (Fsp3) is 0.385. The van der Waals surface area contributed by atoms with E-state index in [4.69, 9.17) is 16.0 Å².